The van der Waals surface area contributed by atoms with Crippen molar-refractivity contribution in [3.63, 3.8) is 0 Å². The minimum atomic E-state index is -4.51. The lowest BCUT2D eigenvalue weighted by Gasteiger charge is -2.35. The van der Waals surface area contributed by atoms with E-state index < -0.39 is 59.4 Å². The van der Waals surface area contributed by atoms with Crippen molar-refractivity contribution in [3.8, 4) is 11.3 Å². The average Bonchev–Trinajstić information content (AvgIpc) is 3.43. The number of piperazine rings is 1. The molecule has 1 N–H and O–H groups in total. The third-order valence-electron chi connectivity index (χ3n) is 8.55. The number of nitrogens with zero attached hydrogens (tertiary/aromatic N) is 4. The molecule has 7 nitrogen and oxygen atoms in total. The zero-order chi connectivity index (χ0) is 34.8. The van der Waals surface area contributed by atoms with Crippen molar-refractivity contribution in [1.82, 2.24) is 19.5 Å². The first kappa shape index (κ1) is 34.6. The minimum absolute atomic E-state index is 0.0840. The first-order chi connectivity index (χ1) is 23.3. The molecule has 0 saturated carbocycles. The fraction of sp³-hybridized carbons (Fsp3) is 0.314. The molecule has 1 aromatic heterocycles. The number of benzene rings is 3. The van der Waals surface area contributed by atoms with Crippen LogP contribution >= 0.6 is 0 Å². The Bertz CT molecular complexity index is 1780. The summed E-state index contributed by atoms with van der Waals surface area (Å²) in [6.45, 7) is 2.51. The quantitative estimate of drug-likeness (QED) is 0.208. The van der Waals surface area contributed by atoms with Crippen LogP contribution in [0.15, 0.2) is 95.9 Å². The fourth-order valence-electron chi connectivity index (χ4n) is 5.97. The summed E-state index contributed by atoms with van der Waals surface area (Å²) in [4.78, 5) is 22.6. The molecule has 3 heterocycles. The maximum absolute atomic E-state index is 14.6. The Morgan fingerprint density at radius 1 is 0.898 bits per heavy atom. The minimum Gasteiger partial charge on any atom is -0.354 e. The van der Waals surface area contributed by atoms with Gasteiger partial charge in [-0.2, -0.15) is 13.2 Å². The van der Waals surface area contributed by atoms with Gasteiger partial charge in [0.25, 0.3) is 5.92 Å². The van der Waals surface area contributed by atoms with Crippen LogP contribution in [0.4, 0.5) is 32.2 Å². The van der Waals surface area contributed by atoms with Crippen LogP contribution in [0.25, 0.3) is 11.3 Å². The summed E-state index contributed by atoms with van der Waals surface area (Å²) in [5, 5.41) is 2.68. The molecule has 14 heteroatoms. The number of hydrogen-bond donors (Lipinski definition) is 1. The molecule has 1 amide bonds. The summed E-state index contributed by atoms with van der Waals surface area (Å²) in [5.74, 6) is -4.06. The normalized spacial score (nSPS) is 19.1. The molecule has 2 saturated heterocycles. The van der Waals surface area contributed by atoms with E-state index in [-0.39, 0.29) is 11.4 Å². The third kappa shape index (κ3) is 8.49. The molecule has 0 radical (unpaired) electrons. The molecule has 49 heavy (non-hydrogen) atoms. The van der Waals surface area contributed by atoms with Gasteiger partial charge in [-0.3, -0.25) is 9.69 Å². The van der Waals surface area contributed by atoms with E-state index >= 15 is 0 Å². The Labute approximate surface area is 282 Å². The van der Waals surface area contributed by atoms with Crippen molar-refractivity contribution in [2.75, 3.05) is 37.6 Å². The Morgan fingerprint density at radius 3 is 2.22 bits per heavy atom. The maximum atomic E-state index is 14.6. The van der Waals surface area contributed by atoms with Crippen molar-refractivity contribution in [3.05, 3.63) is 114 Å². The van der Waals surface area contributed by atoms with Gasteiger partial charge in [-0.25, -0.2) is 26.7 Å². The molecular formula is C35H33F6N5O2S. The average molecular weight is 702 g/mol. The number of carbonyl (C=O) groups excluding carboxylic acids is 1. The molecule has 0 aliphatic carbocycles. The number of amides is 1. The van der Waals surface area contributed by atoms with Crippen LogP contribution in [0.1, 0.15) is 23.1 Å². The van der Waals surface area contributed by atoms with Crippen molar-refractivity contribution in [2.24, 2.45) is 0 Å². The Kier molecular flexibility index (Phi) is 10.1. The van der Waals surface area contributed by atoms with Gasteiger partial charge in [0.1, 0.15) is 28.7 Å². The van der Waals surface area contributed by atoms with Crippen molar-refractivity contribution < 1.29 is 35.3 Å². The lowest BCUT2D eigenvalue weighted by molar-refractivity contribution is -0.137. The Hall–Kier alpha value is -4.27. The van der Waals surface area contributed by atoms with Crippen LogP contribution in [-0.2, 0) is 35.0 Å². The van der Waals surface area contributed by atoms with Gasteiger partial charge in [0.05, 0.1) is 22.7 Å². The predicted octanol–water partition coefficient (Wildman–Crippen LogP) is 6.28. The van der Waals surface area contributed by atoms with E-state index in [9.17, 15) is 35.3 Å². The Morgan fingerprint density at radius 2 is 1.57 bits per heavy atom. The van der Waals surface area contributed by atoms with Gasteiger partial charge in [0, 0.05) is 51.3 Å². The van der Waals surface area contributed by atoms with Crippen molar-refractivity contribution in [2.45, 2.75) is 42.5 Å². The third-order valence-corrected chi connectivity index (χ3v) is 10.0. The maximum Gasteiger partial charge on any atom is 0.416 e. The van der Waals surface area contributed by atoms with Crippen LogP contribution in [0.5, 0.6) is 0 Å². The van der Waals surface area contributed by atoms with Crippen LogP contribution in [-0.4, -0.2) is 69.0 Å². The summed E-state index contributed by atoms with van der Waals surface area (Å²) in [6, 6.07) is 21.2. The summed E-state index contributed by atoms with van der Waals surface area (Å²) < 4.78 is 96.4. The molecule has 0 bridgehead atoms. The van der Waals surface area contributed by atoms with Gasteiger partial charge in [-0.05, 0) is 59.7 Å². The largest absolute Gasteiger partial charge is 0.416 e. The van der Waals surface area contributed by atoms with E-state index in [2.05, 4.69) is 27.2 Å². The summed E-state index contributed by atoms with van der Waals surface area (Å²) in [5.41, 5.74) is 1.76. The van der Waals surface area contributed by atoms with Crippen molar-refractivity contribution >= 4 is 22.7 Å². The SMILES string of the molecule is O=C(NCc1cc(-c2ccc(C(F)(F)F)cc2)nc(N2CCN(Cc3ccccc3)CC2)c1)C1CC(F)(F)CN1S(=O)c1ccc(F)cc1. The smallest absolute Gasteiger partial charge is 0.354 e. The highest BCUT2D eigenvalue weighted by Crippen LogP contribution is 2.35. The number of rotatable bonds is 9. The van der Waals surface area contributed by atoms with Crippen LogP contribution < -0.4 is 10.2 Å². The molecule has 2 fully saturated rings. The number of pyridine rings is 1. The second-order valence-electron chi connectivity index (χ2n) is 12.1. The number of anilines is 1. The number of aromatic nitrogens is 1. The van der Waals surface area contributed by atoms with Gasteiger partial charge in [0.2, 0.25) is 5.91 Å². The summed E-state index contributed by atoms with van der Waals surface area (Å²) in [7, 11) is -2.15. The first-order valence-electron chi connectivity index (χ1n) is 15.6. The zero-order valence-corrected chi connectivity index (χ0v) is 27.0. The predicted molar refractivity (Wildman–Crippen MR) is 173 cm³/mol. The number of hydrogen-bond acceptors (Lipinski definition) is 5. The van der Waals surface area contributed by atoms with Crippen LogP contribution in [0, 0.1) is 5.82 Å². The molecule has 0 spiro atoms. The standard InChI is InChI=1S/C35H33F6N5O2S/c36-28-10-12-29(13-11-28)49(48)46-23-34(37,38)20-31(46)33(47)42-21-25-18-30(26-6-8-27(9-7-26)35(39,40)41)43-32(19-25)45-16-14-44(15-17-45)22-24-4-2-1-3-5-24/h1-13,18-19,31H,14-17,20-23H2,(H,42,47). The molecule has 2 unspecified atom stereocenters. The number of halogens is 6. The Balaban J connectivity index is 1.21. The summed E-state index contributed by atoms with van der Waals surface area (Å²) >= 11 is 0. The second-order valence-corrected chi connectivity index (χ2v) is 13.6. The second kappa shape index (κ2) is 14.3. The molecule has 2 aliphatic rings. The summed E-state index contributed by atoms with van der Waals surface area (Å²) in [6.07, 6.45) is -5.36. The van der Waals surface area contributed by atoms with E-state index in [0.717, 1.165) is 48.2 Å². The lowest BCUT2D eigenvalue weighted by atomic mass is 10.1. The van der Waals surface area contributed by atoms with Crippen LogP contribution in [0.3, 0.4) is 0 Å². The molecule has 6 rings (SSSR count). The molecule has 3 aromatic carbocycles. The van der Waals surface area contributed by atoms with Gasteiger partial charge in [0.15, 0.2) is 0 Å². The highest BCUT2D eigenvalue weighted by Gasteiger charge is 2.50. The lowest BCUT2D eigenvalue weighted by Crippen LogP contribution is -2.46. The van der Waals surface area contributed by atoms with E-state index in [1.54, 1.807) is 12.1 Å². The van der Waals surface area contributed by atoms with Gasteiger partial charge in [-0.15, -0.1) is 0 Å². The van der Waals surface area contributed by atoms with E-state index in [0.29, 0.717) is 35.7 Å². The van der Waals surface area contributed by atoms with E-state index in [4.69, 9.17) is 4.98 Å². The van der Waals surface area contributed by atoms with Crippen molar-refractivity contribution in [1.29, 1.82) is 0 Å². The topological polar surface area (TPSA) is 68.8 Å². The molecule has 2 atom stereocenters. The zero-order valence-electron chi connectivity index (χ0n) is 26.2. The van der Waals surface area contributed by atoms with E-state index in [1.807, 2.05) is 18.2 Å². The van der Waals surface area contributed by atoms with Gasteiger partial charge in [-0.1, -0.05) is 42.5 Å². The number of nitrogens with one attached hydrogen (secondary N) is 1. The molecular weight excluding hydrogens is 668 g/mol. The van der Waals surface area contributed by atoms with Gasteiger partial charge < -0.3 is 10.2 Å². The number of carbonyl (C=O) groups is 1. The fourth-order valence-corrected chi connectivity index (χ4v) is 7.32. The first-order valence-corrected chi connectivity index (χ1v) is 16.7. The highest BCUT2D eigenvalue weighted by molar-refractivity contribution is 7.82. The number of alkyl halides is 5. The monoisotopic (exact) mass is 701 g/mol. The molecule has 4 aromatic rings. The molecule has 258 valence electrons. The van der Waals surface area contributed by atoms with Gasteiger partial charge >= 0.3 is 6.18 Å². The van der Waals surface area contributed by atoms with E-state index in [1.165, 1.54) is 29.8 Å². The van der Waals surface area contributed by atoms with Crippen LogP contribution in [0.2, 0.25) is 0 Å². The molecule has 2 aliphatic heterocycles. The highest BCUT2D eigenvalue weighted by atomic mass is 32.2.